The van der Waals surface area contributed by atoms with Crippen molar-refractivity contribution >= 4 is 11.9 Å². The summed E-state index contributed by atoms with van der Waals surface area (Å²) in [6.07, 6.45) is 5.73. The van der Waals surface area contributed by atoms with Crippen LogP contribution in [0.5, 0.6) is 0 Å². The van der Waals surface area contributed by atoms with Crippen molar-refractivity contribution in [2.24, 2.45) is 0 Å². The predicted molar refractivity (Wildman–Crippen MR) is 124 cm³/mol. The Morgan fingerprint density at radius 2 is 1.87 bits per heavy atom. The van der Waals surface area contributed by atoms with Gasteiger partial charge in [0.05, 0.1) is 0 Å². The Morgan fingerprint density at radius 3 is 2.60 bits per heavy atom. The van der Waals surface area contributed by atoms with E-state index in [9.17, 15) is 4.79 Å². The zero-order valence-corrected chi connectivity index (χ0v) is 17.4. The van der Waals surface area contributed by atoms with Gasteiger partial charge in [0, 0.05) is 48.5 Å². The summed E-state index contributed by atoms with van der Waals surface area (Å²) in [4.78, 5) is 15.3. The molecule has 2 N–H and O–H groups in total. The van der Waals surface area contributed by atoms with E-state index in [4.69, 9.17) is 5.41 Å². The van der Waals surface area contributed by atoms with Crippen molar-refractivity contribution in [2.45, 2.75) is 19.8 Å². The molecule has 0 amide bonds. The Labute approximate surface area is 177 Å². The van der Waals surface area contributed by atoms with Gasteiger partial charge in [-0.3, -0.25) is 9.36 Å². The van der Waals surface area contributed by atoms with Crippen molar-refractivity contribution in [1.82, 2.24) is 9.47 Å². The molecule has 5 heteroatoms. The number of rotatable bonds is 7. The summed E-state index contributed by atoms with van der Waals surface area (Å²) in [5.74, 6) is 0. The highest BCUT2D eigenvalue weighted by Crippen LogP contribution is 2.23. The molecule has 0 bridgehead atoms. The molecule has 1 aromatic heterocycles. The number of benzene rings is 2. The lowest BCUT2D eigenvalue weighted by molar-refractivity contribution is 0.352. The topological polar surface area (TPSA) is 61.1 Å². The summed E-state index contributed by atoms with van der Waals surface area (Å²) in [5.41, 5.74) is 5.52. The fourth-order valence-corrected chi connectivity index (χ4v) is 4.09. The molecule has 30 heavy (non-hydrogen) atoms. The van der Waals surface area contributed by atoms with Crippen LogP contribution >= 0.6 is 0 Å². The van der Waals surface area contributed by atoms with E-state index >= 15 is 0 Å². The van der Waals surface area contributed by atoms with Gasteiger partial charge in [0.15, 0.2) is 0 Å². The molecule has 154 valence electrons. The van der Waals surface area contributed by atoms with E-state index in [0.29, 0.717) is 0 Å². The first-order chi connectivity index (χ1) is 14.7. The second-order valence-electron chi connectivity index (χ2n) is 7.83. The molecule has 0 saturated carbocycles. The van der Waals surface area contributed by atoms with Crippen LogP contribution in [0.25, 0.3) is 16.8 Å². The zero-order valence-electron chi connectivity index (χ0n) is 17.4. The number of hydrogen-bond donors (Lipinski definition) is 2. The van der Waals surface area contributed by atoms with Gasteiger partial charge in [-0.15, -0.1) is 0 Å². The Bertz CT molecular complexity index is 1100. The van der Waals surface area contributed by atoms with E-state index in [-0.39, 0.29) is 5.56 Å². The summed E-state index contributed by atoms with van der Waals surface area (Å²) in [6.45, 7) is 6.27. The molecule has 2 aromatic carbocycles. The number of pyridine rings is 1. The lowest BCUT2D eigenvalue weighted by atomic mass is 10.0. The highest BCUT2D eigenvalue weighted by Gasteiger charge is 2.11. The average molecular weight is 401 g/mol. The van der Waals surface area contributed by atoms with E-state index in [1.165, 1.54) is 32.1 Å². The maximum absolute atomic E-state index is 12.8. The molecule has 0 atom stereocenters. The standard InChI is InChI=1S/C25H28N4O/c1-19-6-2-3-7-23(19)20-10-14-29(25(30)17-20)22-8-9-24(21(16-22)18-26)27-11-15-28-12-4-5-13-28/h2-3,6-10,14,16-18,26-27H,4-5,11-13,15H2,1H3. The average Bonchev–Trinajstić information content (AvgIpc) is 3.28. The first-order valence-electron chi connectivity index (χ1n) is 10.6. The Hall–Kier alpha value is -3.18. The first kappa shape index (κ1) is 20.1. The molecule has 1 aliphatic heterocycles. The summed E-state index contributed by atoms with van der Waals surface area (Å²) in [5, 5.41) is 11.2. The van der Waals surface area contributed by atoms with E-state index in [1.54, 1.807) is 10.6 Å². The van der Waals surface area contributed by atoms with Gasteiger partial charge in [0.25, 0.3) is 5.56 Å². The third kappa shape index (κ3) is 4.36. The van der Waals surface area contributed by atoms with Crippen LogP contribution in [0.1, 0.15) is 24.0 Å². The van der Waals surface area contributed by atoms with Crippen LogP contribution in [0, 0.1) is 12.3 Å². The lowest BCUT2D eigenvalue weighted by Gasteiger charge is -2.17. The molecule has 0 unspecified atom stereocenters. The number of aryl methyl sites for hydroxylation is 1. The number of hydrogen-bond acceptors (Lipinski definition) is 4. The van der Waals surface area contributed by atoms with Crippen LogP contribution < -0.4 is 10.9 Å². The Balaban J connectivity index is 1.54. The van der Waals surface area contributed by atoms with Gasteiger partial charge in [-0.05, 0) is 73.8 Å². The number of anilines is 1. The summed E-state index contributed by atoms with van der Waals surface area (Å²) in [7, 11) is 0. The predicted octanol–water partition coefficient (Wildman–Crippen LogP) is 4.32. The quantitative estimate of drug-likeness (QED) is 0.581. The van der Waals surface area contributed by atoms with Gasteiger partial charge in [0.1, 0.15) is 0 Å². The lowest BCUT2D eigenvalue weighted by Crippen LogP contribution is -2.26. The Kier molecular flexibility index (Phi) is 6.10. The number of aromatic nitrogens is 1. The highest BCUT2D eigenvalue weighted by molar-refractivity contribution is 5.86. The van der Waals surface area contributed by atoms with E-state index < -0.39 is 0 Å². The molecule has 4 rings (SSSR count). The second kappa shape index (κ2) is 9.09. The minimum atomic E-state index is -0.0820. The van der Waals surface area contributed by atoms with Crippen molar-refractivity contribution in [2.75, 3.05) is 31.5 Å². The van der Waals surface area contributed by atoms with Crippen LogP contribution in [-0.2, 0) is 0 Å². The van der Waals surface area contributed by atoms with Gasteiger partial charge < -0.3 is 15.6 Å². The van der Waals surface area contributed by atoms with Crippen LogP contribution in [0.2, 0.25) is 0 Å². The normalized spacial score (nSPS) is 14.0. The van der Waals surface area contributed by atoms with Crippen molar-refractivity contribution in [3.63, 3.8) is 0 Å². The SMILES string of the molecule is Cc1ccccc1-c1ccn(-c2ccc(NCCN3CCCC3)c(C=N)c2)c(=O)c1. The maximum atomic E-state index is 12.8. The summed E-state index contributed by atoms with van der Waals surface area (Å²) >= 11 is 0. The van der Waals surface area contributed by atoms with Crippen LogP contribution in [0.3, 0.4) is 0 Å². The van der Waals surface area contributed by atoms with E-state index in [0.717, 1.165) is 46.7 Å². The molecule has 2 heterocycles. The van der Waals surface area contributed by atoms with E-state index in [2.05, 4.69) is 10.2 Å². The number of nitrogens with one attached hydrogen (secondary N) is 2. The third-order valence-corrected chi connectivity index (χ3v) is 5.79. The van der Waals surface area contributed by atoms with Crippen molar-refractivity contribution in [1.29, 1.82) is 5.41 Å². The van der Waals surface area contributed by atoms with Gasteiger partial charge in [-0.2, -0.15) is 0 Å². The van der Waals surface area contributed by atoms with Crippen molar-refractivity contribution in [3.05, 3.63) is 82.3 Å². The van der Waals surface area contributed by atoms with Crippen LogP contribution in [0.4, 0.5) is 5.69 Å². The minimum Gasteiger partial charge on any atom is -0.383 e. The molecule has 3 aromatic rings. The minimum absolute atomic E-state index is 0.0820. The fraction of sp³-hybridized carbons (Fsp3) is 0.280. The Morgan fingerprint density at radius 1 is 1.07 bits per heavy atom. The number of likely N-dealkylation sites (tertiary alicyclic amines) is 1. The molecule has 1 saturated heterocycles. The third-order valence-electron chi connectivity index (χ3n) is 5.79. The molecule has 0 aliphatic carbocycles. The fourth-order valence-electron chi connectivity index (χ4n) is 4.09. The monoisotopic (exact) mass is 400 g/mol. The van der Waals surface area contributed by atoms with Gasteiger partial charge in [-0.1, -0.05) is 24.3 Å². The van der Waals surface area contributed by atoms with Crippen molar-refractivity contribution < 1.29 is 0 Å². The number of nitrogens with zero attached hydrogens (tertiary/aromatic N) is 2. The van der Waals surface area contributed by atoms with Gasteiger partial charge in [-0.25, -0.2) is 0 Å². The second-order valence-corrected chi connectivity index (χ2v) is 7.83. The molecular formula is C25H28N4O. The molecule has 1 fully saturated rings. The first-order valence-corrected chi connectivity index (χ1v) is 10.6. The smallest absolute Gasteiger partial charge is 0.255 e. The largest absolute Gasteiger partial charge is 0.383 e. The van der Waals surface area contributed by atoms with Crippen LogP contribution in [-0.4, -0.2) is 41.9 Å². The summed E-state index contributed by atoms with van der Waals surface area (Å²) in [6, 6.07) is 17.5. The molecule has 0 spiro atoms. The van der Waals surface area contributed by atoms with Gasteiger partial charge >= 0.3 is 0 Å². The molecule has 5 nitrogen and oxygen atoms in total. The maximum Gasteiger partial charge on any atom is 0.255 e. The summed E-state index contributed by atoms with van der Waals surface area (Å²) < 4.78 is 1.63. The van der Waals surface area contributed by atoms with Gasteiger partial charge in [0.2, 0.25) is 0 Å². The van der Waals surface area contributed by atoms with Crippen LogP contribution in [0.15, 0.2) is 65.6 Å². The zero-order chi connectivity index (χ0) is 20.9. The van der Waals surface area contributed by atoms with E-state index in [1.807, 2.05) is 61.7 Å². The van der Waals surface area contributed by atoms with Crippen molar-refractivity contribution in [3.8, 4) is 16.8 Å². The highest BCUT2D eigenvalue weighted by atomic mass is 16.1. The molecule has 1 aliphatic rings. The molecule has 0 radical (unpaired) electrons. The molecular weight excluding hydrogens is 372 g/mol.